The first kappa shape index (κ1) is 19.4. The predicted octanol–water partition coefficient (Wildman–Crippen LogP) is 3.91. The highest BCUT2D eigenvalue weighted by Gasteiger charge is 2.33. The van der Waals surface area contributed by atoms with Gasteiger partial charge in [-0.3, -0.25) is 4.57 Å². The minimum atomic E-state index is -4.11. The minimum Gasteiger partial charge on any atom is -0.321 e. The zero-order valence-corrected chi connectivity index (χ0v) is 14.9. The Morgan fingerprint density at radius 1 is 1.05 bits per heavy atom. The maximum Gasteiger partial charge on any atom is 0.369 e. The van der Waals surface area contributed by atoms with Gasteiger partial charge in [-0.1, -0.05) is 58.3 Å². The van der Waals surface area contributed by atoms with Crippen molar-refractivity contribution in [2.75, 3.05) is 0 Å². The van der Waals surface area contributed by atoms with E-state index in [1.807, 2.05) is 7.05 Å². The first-order chi connectivity index (χ1) is 10.4. The summed E-state index contributed by atoms with van der Waals surface area (Å²) in [6.07, 6.45) is 16.7. The lowest BCUT2D eigenvalue weighted by atomic mass is 10.1. The smallest absolute Gasteiger partial charge is 0.321 e. The molecule has 0 aliphatic heterocycles. The third-order valence-electron chi connectivity index (χ3n) is 4.09. The fraction of sp³-hybridized carbons (Fsp3) is 0.812. The average molecular weight is 331 g/mol. The molecule has 0 saturated carbocycles. The number of hydrogen-bond acceptors (Lipinski definition) is 1. The van der Waals surface area contributed by atoms with E-state index in [-0.39, 0.29) is 0 Å². The molecule has 6 heteroatoms. The summed E-state index contributed by atoms with van der Waals surface area (Å²) >= 11 is 0. The Morgan fingerprint density at radius 3 is 2.05 bits per heavy atom. The Morgan fingerprint density at radius 2 is 1.59 bits per heavy atom. The number of rotatable bonds is 12. The monoisotopic (exact) mass is 331 g/mol. The molecule has 1 atom stereocenters. The van der Waals surface area contributed by atoms with E-state index in [0.29, 0.717) is 6.42 Å². The lowest BCUT2D eigenvalue weighted by Crippen LogP contribution is -2.24. The van der Waals surface area contributed by atoms with Crippen molar-refractivity contribution in [3.05, 3.63) is 18.7 Å². The molecule has 2 N–H and O–H groups in total. The summed E-state index contributed by atoms with van der Waals surface area (Å²) in [5.41, 5.74) is 0. The van der Waals surface area contributed by atoms with Crippen LogP contribution in [0, 0.1) is 0 Å². The van der Waals surface area contributed by atoms with Crippen LogP contribution in [0.1, 0.15) is 76.9 Å². The zero-order chi connectivity index (χ0) is 16.4. The van der Waals surface area contributed by atoms with Crippen LogP contribution < -0.4 is 4.57 Å². The Bertz CT molecular complexity index is 456. The second-order valence-corrected chi connectivity index (χ2v) is 7.99. The van der Waals surface area contributed by atoms with Gasteiger partial charge in [0.1, 0.15) is 12.4 Å². The van der Waals surface area contributed by atoms with E-state index < -0.39 is 13.4 Å². The van der Waals surface area contributed by atoms with Crippen molar-refractivity contribution < 1.29 is 18.9 Å². The molecule has 5 nitrogen and oxygen atoms in total. The van der Waals surface area contributed by atoms with Crippen LogP contribution in [0.25, 0.3) is 0 Å². The minimum absolute atomic E-state index is 0.537. The van der Waals surface area contributed by atoms with E-state index in [2.05, 4.69) is 6.92 Å². The van der Waals surface area contributed by atoms with E-state index in [1.165, 1.54) is 44.9 Å². The Labute approximate surface area is 134 Å². The maximum atomic E-state index is 11.7. The molecule has 128 valence electrons. The van der Waals surface area contributed by atoms with Crippen LogP contribution >= 0.6 is 7.60 Å². The van der Waals surface area contributed by atoms with Crippen LogP contribution in [-0.4, -0.2) is 14.4 Å². The lowest BCUT2D eigenvalue weighted by molar-refractivity contribution is -0.671. The average Bonchev–Trinajstić information content (AvgIpc) is 2.85. The number of nitrogens with zero attached hydrogens (tertiary/aromatic N) is 2. The van der Waals surface area contributed by atoms with Gasteiger partial charge in [0.2, 0.25) is 12.1 Å². The summed E-state index contributed by atoms with van der Waals surface area (Å²) in [6.45, 7) is 2.22. The van der Waals surface area contributed by atoms with Gasteiger partial charge in [-0.15, -0.1) is 0 Å². The summed E-state index contributed by atoms with van der Waals surface area (Å²) < 4.78 is 15.1. The van der Waals surface area contributed by atoms with Crippen molar-refractivity contribution >= 4 is 7.60 Å². The molecule has 0 amide bonds. The van der Waals surface area contributed by atoms with E-state index in [4.69, 9.17) is 0 Å². The molecule has 0 aromatic carbocycles. The standard InChI is InChI=1S/C16H31N2O3P/c1-3-4-5-6-7-8-9-10-11-12-16(22(19,20)21)18-14-13-17(2)15-18/h13-16H,3-12H2,1-2H3,(H-,19,20,21)/p+1. The van der Waals surface area contributed by atoms with Crippen molar-refractivity contribution in [1.29, 1.82) is 0 Å². The first-order valence-corrected chi connectivity index (χ1v) is 10.2. The quantitative estimate of drug-likeness (QED) is 0.347. The normalized spacial score (nSPS) is 13.5. The van der Waals surface area contributed by atoms with Crippen LogP contribution in [0.3, 0.4) is 0 Å². The maximum absolute atomic E-state index is 11.7. The van der Waals surface area contributed by atoms with E-state index in [9.17, 15) is 14.4 Å². The summed E-state index contributed by atoms with van der Waals surface area (Å²) in [5, 5.41) is 0. The Balaban J connectivity index is 2.24. The van der Waals surface area contributed by atoms with Crippen LogP contribution in [0.2, 0.25) is 0 Å². The number of imidazole rings is 1. The highest BCUT2D eigenvalue weighted by molar-refractivity contribution is 7.51. The van der Waals surface area contributed by atoms with Crippen LogP contribution in [0.15, 0.2) is 18.7 Å². The second kappa shape index (κ2) is 10.2. The molecule has 0 bridgehead atoms. The SMILES string of the molecule is CCCCCCCCCCCC(n1cc[n+](C)c1)P(=O)(O)O. The molecule has 22 heavy (non-hydrogen) atoms. The highest BCUT2D eigenvalue weighted by Crippen LogP contribution is 2.51. The lowest BCUT2D eigenvalue weighted by Gasteiger charge is -2.15. The van der Waals surface area contributed by atoms with Gasteiger partial charge in [-0.05, 0) is 12.8 Å². The molecule has 0 aliphatic carbocycles. The number of hydrogen-bond donors (Lipinski definition) is 2. The molecule has 1 rings (SSSR count). The molecular formula is C16H32N2O3P+. The Hall–Kier alpha value is -0.640. The summed E-state index contributed by atoms with van der Waals surface area (Å²) in [4.78, 5) is 19.1. The largest absolute Gasteiger partial charge is 0.369 e. The number of aryl methyl sites for hydroxylation is 1. The van der Waals surface area contributed by atoms with Gasteiger partial charge < -0.3 is 9.79 Å². The summed E-state index contributed by atoms with van der Waals surface area (Å²) in [6, 6.07) is 0. The van der Waals surface area contributed by atoms with Crippen molar-refractivity contribution in [2.45, 2.75) is 76.9 Å². The topological polar surface area (TPSA) is 66.3 Å². The molecule has 0 spiro atoms. The van der Waals surface area contributed by atoms with E-state index in [1.54, 1.807) is 27.9 Å². The van der Waals surface area contributed by atoms with Gasteiger partial charge in [-0.25, -0.2) is 9.13 Å². The number of unbranched alkanes of at least 4 members (excludes halogenated alkanes) is 8. The highest BCUT2D eigenvalue weighted by atomic mass is 31.2. The van der Waals surface area contributed by atoms with E-state index >= 15 is 0 Å². The summed E-state index contributed by atoms with van der Waals surface area (Å²) in [7, 11) is -2.26. The molecular weight excluding hydrogens is 299 g/mol. The fourth-order valence-corrected chi connectivity index (χ4v) is 3.78. The number of aromatic nitrogens is 2. The van der Waals surface area contributed by atoms with Crippen molar-refractivity contribution in [3.63, 3.8) is 0 Å². The Kier molecular flexibility index (Phi) is 8.99. The molecule has 0 radical (unpaired) electrons. The van der Waals surface area contributed by atoms with Gasteiger partial charge in [0.25, 0.3) is 0 Å². The molecule has 1 heterocycles. The molecule has 0 aliphatic rings. The first-order valence-electron chi connectivity index (χ1n) is 8.53. The molecule has 0 saturated heterocycles. The van der Waals surface area contributed by atoms with Crippen molar-refractivity contribution in [2.24, 2.45) is 7.05 Å². The molecule has 1 aromatic rings. The van der Waals surface area contributed by atoms with Gasteiger partial charge in [0.05, 0.1) is 7.05 Å². The fourth-order valence-electron chi connectivity index (χ4n) is 2.77. The third kappa shape index (κ3) is 7.57. The second-order valence-electron chi connectivity index (χ2n) is 6.21. The zero-order valence-electron chi connectivity index (χ0n) is 14.0. The van der Waals surface area contributed by atoms with Crippen LogP contribution in [-0.2, 0) is 11.6 Å². The van der Waals surface area contributed by atoms with Crippen LogP contribution in [0.5, 0.6) is 0 Å². The summed E-state index contributed by atoms with van der Waals surface area (Å²) in [5.74, 6) is -0.724. The van der Waals surface area contributed by atoms with E-state index in [0.717, 1.165) is 12.8 Å². The molecule has 1 unspecified atom stereocenters. The van der Waals surface area contributed by atoms with Gasteiger partial charge >= 0.3 is 7.60 Å². The van der Waals surface area contributed by atoms with Gasteiger partial charge in [-0.2, -0.15) is 0 Å². The van der Waals surface area contributed by atoms with Crippen molar-refractivity contribution in [1.82, 2.24) is 4.57 Å². The van der Waals surface area contributed by atoms with Crippen LogP contribution in [0.4, 0.5) is 0 Å². The predicted molar refractivity (Wildman–Crippen MR) is 88.5 cm³/mol. The van der Waals surface area contributed by atoms with Gasteiger partial charge in [0, 0.05) is 0 Å². The van der Waals surface area contributed by atoms with Gasteiger partial charge in [0.15, 0.2) is 0 Å². The third-order valence-corrected chi connectivity index (χ3v) is 5.39. The molecule has 0 fully saturated rings. The molecule has 1 aromatic heterocycles. The van der Waals surface area contributed by atoms with Crippen molar-refractivity contribution in [3.8, 4) is 0 Å².